The molecular formula is C11H16N4OS. The first-order chi connectivity index (χ1) is 8.34. The van der Waals surface area contributed by atoms with Crippen LogP contribution in [0.2, 0.25) is 0 Å². The Morgan fingerprint density at radius 1 is 1.53 bits per heavy atom. The summed E-state index contributed by atoms with van der Waals surface area (Å²) in [5.74, 6) is 0.999. The molecule has 1 aliphatic rings. The van der Waals surface area contributed by atoms with Gasteiger partial charge in [-0.25, -0.2) is 0 Å². The van der Waals surface area contributed by atoms with Gasteiger partial charge >= 0.3 is 0 Å². The molecule has 6 heteroatoms. The molecule has 1 fully saturated rings. The minimum atomic E-state index is -0.00553. The molecule has 5 nitrogen and oxygen atoms in total. The average Bonchev–Trinajstić information content (AvgIpc) is 2.39. The summed E-state index contributed by atoms with van der Waals surface area (Å²) in [7, 11) is 0. The number of anilines is 1. The molecule has 1 saturated heterocycles. The van der Waals surface area contributed by atoms with Crippen molar-refractivity contribution in [3.05, 3.63) is 18.3 Å². The molecule has 17 heavy (non-hydrogen) atoms. The third-order valence-electron chi connectivity index (χ3n) is 2.58. The Morgan fingerprint density at radius 2 is 2.35 bits per heavy atom. The van der Waals surface area contributed by atoms with Gasteiger partial charge in [0.2, 0.25) is 5.91 Å². The lowest BCUT2D eigenvalue weighted by atomic mass is 10.2. The zero-order valence-electron chi connectivity index (χ0n) is 9.56. The predicted molar refractivity (Wildman–Crippen MR) is 69.0 cm³/mol. The largest absolute Gasteiger partial charge is 0.317 e. The quantitative estimate of drug-likeness (QED) is 0.833. The van der Waals surface area contributed by atoms with E-state index < -0.39 is 0 Å². The molecule has 1 aromatic rings. The fourth-order valence-corrected chi connectivity index (χ4v) is 2.73. The Bertz CT molecular complexity index is 354. The lowest BCUT2D eigenvalue weighted by Crippen LogP contribution is -2.30. The number of thioether (sulfide) groups is 1. The molecule has 2 rings (SSSR count). The number of hydrogen-bond donors (Lipinski definition) is 2. The van der Waals surface area contributed by atoms with Crippen LogP contribution in [-0.4, -0.2) is 40.2 Å². The maximum atomic E-state index is 11.6. The van der Waals surface area contributed by atoms with Crippen molar-refractivity contribution in [1.82, 2.24) is 15.5 Å². The Morgan fingerprint density at radius 3 is 3.06 bits per heavy atom. The van der Waals surface area contributed by atoms with Crippen molar-refractivity contribution in [2.45, 2.75) is 18.1 Å². The van der Waals surface area contributed by atoms with Gasteiger partial charge in [0.05, 0.1) is 5.75 Å². The molecule has 0 aliphatic carbocycles. The number of amides is 1. The number of piperidine rings is 1. The third-order valence-corrected chi connectivity index (χ3v) is 3.95. The van der Waals surface area contributed by atoms with Crippen LogP contribution in [-0.2, 0) is 4.79 Å². The maximum absolute atomic E-state index is 11.6. The van der Waals surface area contributed by atoms with Crippen LogP contribution in [0.25, 0.3) is 0 Å². The summed E-state index contributed by atoms with van der Waals surface area (Å²) in [6.45, 7) is 2.12. The second-order valence-corrected chi connectivity index (χ2v) is 5.21. The van der Waals surface area contributed by atoms with Crippen LogP contribution in [0.4, 0.5) is 5.82 Å². The Hall–Kier alpha value is -1.14. The highest BCUT2D eigenvalue weighted by molar-refractivity contribution is 8.00. The van der Waals surface area contributed by atoms with Gasteiger partial charge in [0.1, 0.15) is 0 Å². The molecule has 92 valence electrons. The monoisotopic (exact) mass is 252 g/mol. The number of hydrogen-bond acceptors (Lipinski definition) is 5. The second kappa shape index (κ2) is 6.56. The fraction of sp³-hybridized carbons (Fsp3) is 0.545. The van der Waals surface area contributed by atoms with Gasteiger partial charge < -0.3 is 10.6 Å². The van der Waals surface area contributed by atoms with Gasteiger partial charge in [0, 0.05) is 11.4 Å². The number of nitrogens with zero attached hydrogens (tertiary/aromatic N) is 2. The first-order valence-electron chi connectivity index (χ1n) is 5.74. The van der Waals surface area contributed by atoms with Crippen LogP contribution in [0.3, 0.4) is 0 Å². The molecule has 0 spiro atoms. The van der Waals surface area contributed by atoms with E-state index in [9.17, 15) is 4.79 Å². The number of carbonyl (C=O) groups excluding carboxylic acids is 1. The Kier molecular flexibility index (Phi) is 4.75. The van der Waals surface area contributed by atoms with E-state index in [1.807, 2.05) is 0 Å². The Labute approximate surface area is 105 Å². The van der Waals surface area contributed by atoms with Gasteiger partial charge in [-0.2, -0.15) is 5.10 Å². The molecule has 2 heterocycles. The van der Waals surface area contributed by atoms with E-state index >= 15 is 0 Å². The van der Waals surface area contributed by atoms with Crippen LogP contribution in [0.1, 0.15) is 12.8 Å². The SMILES string of the molecule is O=C(CSC1CCNCC1)Nc1cccnn1. The van der Waals surface area contributed by atoms with Crippen LogP contribution in [0, 0.1) is 0 Å². The van der Waals surface area contributed by atoms with Crippen LogP contribution in [0.5, 0.6) is 0 Å². The summed E-state index contributed by atoms with van der Waals surface area (Å²) in [6, 6.07) is 3.49. The van der Waals surface area contributed by atoms with Crippen molar-refractivity contribution in [1.29, 1.82) is 0 Å². The first kappa shape index (κ1) is 12.3. The van der Waals surface area contributed by atoms with Gasteiger partial charge in [0.25, 0.3) is 0 Å². The summed E-state index contributed by atoms with van der Waals surface area (Å²) < 4.78 is 0. The van der Waals surface area contributed by atoms with Gasteiger partial charge in [-0.3, -0.25) is 4.79 Å². The zero-order valence-corrected chi connectivity index (χ0v) is 10.4. The van der Waals surface area contributed by atoms with E-state index in [1.165, 1.54) is 0 Å². The minimum absolute atomic E-state index is 0.00553. The van der Waals surface area contributed by atoms with Crippen LogP contribution >= 0.6 is 11.8 Å². The second-order valence-electron chi connectivity index (χ2n) is 3.92. The molecule has 2 N–H and O–H groups in total. The molecule has 1 amide bonds. The minimum Gasteiger partial charge on any atom is -0.317 e. The van der Waals surface area contributed by atoms with E-state index in [-0.39, 0.29) is 5.91 Å². The third kappa shape index (κ3) is 4.32. The predicted octanol–water partition coefficient (Wildman–Crippen LogP) is 0.900. The number of aromatic nitrogens is 2. The van der Waals surface area contributed by atoms with Crippen molar-refractivity contribution in [2.24, 2.45) is 0 Å². The number of carbonyl (C=O) groups is 1. The molecule has 0 bridgehead atoms. The molecular weight excluding hydrogens is 236 g/mol. The van der Waals surface area contributed by atoms with E-state index in [1.54, 1.807) is 30.1 Å². The topological polar surface area (TPSA) is 66.9 Å². The van der Waals surface area contributed by atoms with Crippen molar-refractivity contribution in [3.8, 4) is 0 Å². The first-order valence-corrected chi connectivity index (χ1v) is 6.79. The Balaban J connectivity index is 1.70. The van der Waals surface area contributed by atoms with Gasteiger partial charge in [0.15, 0.2) is 5.82 Å². The van der Waals surface area contributed by atoms with E-state index in [0.717, 1.165) is 25.9 Å². The number of rotatable bonds is 4. The summed E-state index contributed by atoms with van der Waals surface area (Å²) in [5, 5.41) is 14.2. The van der Waals surface area contributed by atoms with E-state index in [4.69, 9.17) is 0 Å². The summed E-state index contributed by atoms with van der Waals surface area (Å²) in [4.78, 5) is 11.6. The normalized spacial score (nSPS) is 16.7. The average molecular weight is 252 g/mol. The fourth-order valence-electron chi connectivity index (χ4n) is 1.70. The smallest absolute Gasteiger partial charge is 0.235 e. The van der Waals surface area contributed by atoms with Crippen molar-refractivity contribution in [3.63, 3.8) is 0 Å². The summed E-state index contributed by atoms with van der Waals surface area (Å²) in [5.41, 5.74) is 0. The lowest BCUT2D eigenvalue weighted by molar-refractivity contribution is -0.113. The standard InChI is InChI=1S/C11H16N4OS/c16-11(14-10-2-1-5-13-15-10)8-17-9-3-6-12-7-4-9/h1-2,5,9,12H,3-4,6-8H2,(H,14,15,16). The van der Waals surface area contributed by atoms with E-state index in [0.29, 0.717) is 16.8 Å². The number of nitrogens with one attached hydrogen (secondary N) is 2. The van der Waals surface area contributed by atoms with Gasteiger partial charge in [-0.1, -0.05) is 0 Å². The summed E-state index contributed by atoms with van der Waals surface area (Å²) >= 11 is 1.72. The van der Waals surface area contributed by atoms with Crippen molar-refractivity contribution in [2.75, 3.05) is 24.2 Å². The van der Waals surface area contributed by atoms with Crippen LogP contribution in [0.15, 0.2) is 18.3 Å². The van der Waals surface area contributed by atoms with Gasteiger partial charge in [-0.05, 0) is 38.1 Å². The zero-order chi connectivity index (χ0) is 11.9. The van der Waals surface area contributed by atoms with Crippen LogP contribution < -0.4 is 10.6 Å². The van der Waals surface area contributed by atoms with Crippen molar-refractivity contribution >= 4 is 23.5 Å². The molecule has 0 radical (unpaired) electrons. The molecule has 0 atom stereocenters. The summed E-state index contributed by atoms with van der Waals surface area (Å²) in [6.07, 6.45) is 3.87. The molecule has 0 saturated carbocycles. The highest BCUT2D eigenvalue weighted by Crippen LogP contribution is 2.19. The lowest BCUT2D eigenvalue weighted by Gasteiger charge is -2.21. The van der Waals surface area contributed by atoms with E-state index in [2.05, 4.69) is 20.8 Å². The molecule has 0 unspecified atom stereocenters. The molecule has 1 aromatic heterocycles. The maximum Gasteiger partial charge on any atom is 0.235 e. The van der Waals surface area contributed by atoms with Gasteiger partial charge in [-0.15, -0.1) is 16.9 Å². The molecule has 0 aromatic carbocycles. The van der Waals surface area contributed by atoms with Crippen molar-refractivity contribution < 1.29 is 4.79 Å². The molecule has 1 aliphatic heterocycles. The highest BCUT2D eigenvalue weighted by Gasteiger charge is 2.15. The highest BCUT2D eigenvalue weighted by atomic mass is 32.2.